The number of benzene rings is 3. The molecular formula is C26H20Cl2N2O3. The Kier molecular flexibility index (Phi) is 6.54. The number of halogens is 2. The van der Waals surface area contributed by atoms with E-state index in [9.17, 15) is 14.7 Å². The summed E-state index contributed by atoms with van der Waals surface area (Å²) in [5, 5.41) is 13.1. The lowest BCUT2D eigenvalue weighted by Gasteiger charge is -2.10. The van der Waals surface area contributed by atoms with Crippen molar-refractivity contribution in [1.82, 2.24) is 4.98 Å². The van der Waals surface area contributed by atoms with Crippen LogP contribution in [-0.4, -0.2) is 21.8 Å². The lowest BCUT2D eigenvalue weighted by atomic mass is 10.1. The Morgan fingerprint density at radius 3 is 2.36 bits per heavy atom. The van der Waals surface area contributed by atoms with Gasteiger partial charge in [-0.15, -0.1) is 0 Å². The summed E-state index contributed by atoms with van der Waals surface area (Å²) in [5.41, 5.74) is 4.98. The van der Waals surface area contributed by atoms with Gasteiger partial charge in [-0.1, -0.05) is 35.3 Å². The summed E-state index contributed by atoms with van der Waals surface area (Å²) in [4.78, 5) is 28.3. The number of phenols is 1. The van der Waals surface area contributed by atoms with Crippen molar-refractivity contribution in [2.45, 2.75) is 13.3 Å². The van der Waals surface area contributed by atoms with Gasteiger partial charge < -0.3 is 15.4 Å². The molecule has 0 atom stereocenters. The second-order valence-electron chi connectivity index (χ2n) is 7.66. The molecule has 33 heavy (non-hydrogen) atoms. The zero-order chi connectivity index (χ0) is 23.5. The molecule has 0 saturated heterocycles. The number of anilines is 1. The van der Waals surface area contributed by atoms with Crippen molar-refractivity contribution >= 4 is 40.6 Å². The number of nitrogens with one attached hydrogen (secondary N) is 2. The van der Waals surface area contributed by atoms with Crippen molar-refractivity contribution in [2.75, 3.05) is 5.32 Å². The number of aromatic nitrogens is 1. The maximum absolute atomic E-state index is 12.7. The van der Waals surface area contributed by atoms with Crippen LogP contribution in [0.4, 0.5) is 5.69 Å². The summed E-state index contributed by atoms with van der Waals surface area (Å²) in [6, 6.07) is 20.4. The molecule has 3 N–H and O–H groups in total. The van der Waals surface area contributed by atoms with E-state index in [-0.39, 0.29) is 23.9 Å². The van der Waals surface area contributed by atoms with E-state index in [0.717, 1.165) is 22.4 Å². The van der Waals surface area contributed by atoms with Gasteiger partial charge in [0.1, 0.15) is 5.75 Å². The summed E-state index contributed by atoms with van der Waals surface area (Å²) >= 11 is 12.0. The third-order valence-electron chi connectivity index (χ3n) is 5.25. The maximum atomic E-state index is 12.7. The van der Waals surface area contributed by atoms with Gasteiger partial charge >= 0.3 is 0 Å². The van der Waals surface area contributed by atoms with Crippen LogP contribution in [-0.2, 0) is 6.42 Å². The SMILES string of the molecule is Cc1cc(-c2ccc(C(=O)Cc3ccc(Cl)c(Cl)c3)[nH]2)ccc1NC(=O)c1ccc(O)cc1. The predicted octanol–water partition coefficient (Wildman–Crippen LogP) is 6.68. The van der Waals surface area contributed by atoms with E-state index in [1.807, 2.05) is 31.2 Å². The first-order valence-electron chi connectivity index (χ1n) is 10.2. The fourth-order valence-electron chi connectivity index (χ4n) is 3.44. The third-order valence-corrected chi connectivity index (χ3v) is 5.99. The van der Waals surface area contributed by atoms with Crippen molar-refractivity contribution in [3.05, 3.63) is 105 Å². The molecule has 0 unspecified atom stereocenters. The standard InChI is InChI=1S/C26H20Cl2N2O3/c1-15-12-18(5-9-22(15)30-26(33)17-3-6-19(31)7-4-17)23-10-11-24(29-23)25(32)14-16-2-8-20(27)21(28)13-16/h2-13,29,31H,14H2,1H3,(H,30,33). The zero-order valence-corrected chi connectivity index (χ0v) is 19.2. The largest absolute Gasteiger partial charge is 0.508 e. The van der Waals surface area contributed by atoms with Crippen LogP contribution in [0.1, 0.15) is 32.0 Å². The summed E-state index contributed by atoms with van der Waals surface area (Å²) in [6.07, 6.45) is 0.206. The molecule has 0 fully saturated rings. The van der Waals surface area contributed by atoms with E-state index in [1.54, 1.807) is 36.4 Å². The van der Waals surface area contributed by atoms with E-state index in [2.05, 4.69) is 10.3 Å². The Hall–Kier alpha value is -3.54. The number of H-pyrrole nitrogens is 1. The zero-order valence-electron chi connectivity index (χ0n) is 17.7. The predicted molar refractivity (Wildman–Crippen MR) is 132 cm³/mol. The average molecular weight is 479 g/mol. The van der Waals surface area contributed by atoms with Crippen LogP contribution in [0.3, 0.4) is 0 Å². The maximum Gasteiger partial charge on any atom is 0.255 e. The Morgan fingerprint density at radius 2 is 1.67 bits per heavy atom. The van der Waals surface area contributed by atoms with Gasteiger partial charge in [-0.3, -0.25) is 9.59 Å². The lowest BCUT2D eigenvalue weighted by molar-refractivity contribution is 0.0987. The van der Waals surface area contributed by atoms with Gasteiger partial charge in [0.05, 0.1) is 15.7 Å². The highest BCUT2D eigenvalue weighted by molar-refractivity contribution is 6.42. The first kappa shape index (κ1) is 22.6. The summed E-state index contributed by atoms with van der Waals surface area (Å²) in [5.74, 6) is -0.220. The summed E-state index contributed by atoms with van der Waals surface area (Å²) < 4.78 is 0. The summed E-state index contributed by atoms with van der Waals surface area (Å²) in [6.45, 7) is 1.90. The molecule has 1 heterocycles. The normalized spacial score (nSPS) is 10.8. The Labute approximate surface area is 201 Å². The van der Waals surface area contributed by atoms with E-state index in [0.29, 0.717) is 27.0 Å². The van der Waals surface area contributed by atoms with E-state index >= 15 is 0 Å². The second kappa shape index (κ2) is 9.53. The van der Waals surface area contributed by atoms with E-state index in [1.165, 1.54) is 12.1 Å². The minimum Gasteiger partial charge on any atom is -0.508 e. The van der Waals surface area contributed by atoms with E-state index in [4.69, 9.17) is 23.2 Å². The van der Waals surface area contributed by atoms with Crippen molar-refractivity contribution in [1.29, 1.82) is 0 Å². The monoisotopic (exact) mass is 478 g/mol. The molecule has 0 aliphatic carbocycles. The number of hydrogen-bond acceptors (Lipinski definition) is 3. The van der Waals surface area contributed by atoms with Crippen molar-refractivity contribution in [3.8, 4) is 17.0 Å². The minimum atomic E-state index is -0.263. The molecule has 0 saturated carbocycles. The molecule has 3 aromatic carbocycles. The van der Waals surface area contributed by atoms with Crippen LogP contribution >= 0.6 is 23.2 Å². The molecule has 4 aromatic rings. The molecule has 0 radical (unpaired) electrons. The first-order valence-corrected chi connectivity index (χ1v) is 10.9. The van der Waals surface area contributed by atoms with Gasteiger partial charge in [-0.25, -0.2) is 0 Å². The molecule has 0 aliphatic heterocycles. The number of amides is 1. The minimum absolute atomic E-state index is 0.0610. The van der Waals surface area contributed by atoms with Gasteiger partial charge in [-0.05, 0) is 84.3 Å². The molecular weight excluding hydrogens is 459 g/mol. The molecule has 0 aliphatic rings. The number of carbonyl (C=O) groups excluding carboxylic acids is 2. The Bertz CT molecular complexity index is 1340. The van der Waals surface area contributed by atoms with Crippen molar-refractivity contribution in [2.24, 2.45) is 0 Å². The molecule has 1 amide bonds. The molecule has 4 rings (SSSR count). The molecule has 0 bridgehead atoms. The highest BCUT2D eigenvalue weighted by Crippen LogP contribution is 2.26. The number of carbonyl (C=O) groups is 2. The van der Waals surface area contributed by atoms with Crippen LogP contribution in [0.15, 0.2) is 72.8 Å². The molecule has 1 aromatic heterocycles. The van der Waals surface area contributed by atoms with E-state index < -0.39 is 0 Å². The first-order chi connectivity index (χ1) is 15.8. The number of aryl methyl sites for hydroxylation is 1. The van der Waals surface area contributed by atoms with Crippen LogP contribution in [0.2, 0.25) is 10.0 Å². The number of ketones is 1. The Balaban J connectivity index is 1.47. The third kappa shape index (κ3) is 5.28. The summed E-state index contributed by atoms with van der Waals surface area (Å²) in [7, 11) is 0. The fraction of sp³-hybridized carbons (Fsp3) is 0.0769. The molecule has 7 heteroatoms. The van der Waals surface area contributed by atoms with Gasteiger partial charge in [0.2, 0.25) is 0 Å². The number of Topliss-reactive ketones (excluding diaryl/α,β-unsaturated/α-hetero) is 1. The van der Waals surface area contributed by atoms with Crippen molar-refractivity contribution < 1.29 is 14.7 Å². The van der Waals surface area contributed by atoms with Gasteiger partial charge in [0.25, 0.3) is 5.91 Å². The van der Waals surface area contributed by atoms with Gasteiger partial charge in [0, 0.05) is 23.4 Å². The van der Waals surface area contributed by atoms with Crippen LogP contribution in [0, 0.1) is 6.92 Å². The Morgan fingerprint density at radius 1 is 0.909 bits per heavy atom. The number of hydrogen-bond donors (Lipinski definition) is 3. The second-order valence-corrected chi connectivity index (χ2v) is 8.48. The smallest absolute Gasteiger partial charge is 0.255 e. The topological polar surface area (TPSA) is 82.2 Å². The quantitative estimate of drug-likeness (QED) is 0.270. The highest BCUT2D eigenvalue weighted by Gasteiger charge is 2.13. The van der Waals surface area contributed by atoms with Crippen LogP contribution < -0.4 is 5.32 Å². The number of aromatic hydroxyl groups is 1. The number of aromatic amines is 1. The molecule has 5 nitrogen and oxygen atoms in total. The molecule has 166 valence electrons. The average Bonchev–Trinajstić information content (AvgIpc) is 3.28. The fourth-order valence-corrected chi connectivity index (χ4v) is 3.76. The van der Waals surface area contributed by atoms with Crippen molar-refractivity contribution in [3.63, 3.8) is 0 Å². The van der Waals surface area contributed by atoms with Crippen LogP contribution in [0.25, 0.3) is 11.3 Å². The van der Waals surface area contributed by atoms with Crippen LogP contribution in [0.5, 0.6) is 5.75 Å². The number of rotatable bonds is 6. The molecule has 0 spiro atoms. The number of phenolic OH excluding ortho intramolecular Hbond substituents is 1. The van der Waals surface area contributed by atoms with Gasteiger partial charge in [0.15, 0.2) is 5.78 Å². The van der Waals surface area contributed by atoms with Gasteiger partial charge in [-0.2, -0.15) is 0 Å². The lowest BCUT2D eigenvalue weighted by Crippen LogP contribution is -2.12. The highest BCUT2D eigenvalue weighted by atomic mass is 35.5.